The van der Waals surface area contributed by atoms with Gasteiger partial charge in [-0.15, -0.1) is 11.3 Å². The van der Waals surface area contributed by atoms with Gasteiger partial charge in [-0.05, 0) is 39.4 Å². The lowest BCUT2D eigenvalue weighted by molar-refractivity contribution is 0.416. The molecule has 1 nitrogen and oxygen atoms in total. The molecule has 0 bridgehead atoms. The number of ether oxygens (including phenoxy) is 1. The Labute approximate surface area is 95.8 Å². The fourth-order valence-corrected chi connectivity index (χ4v) is 3.25. The van der Waals surface area contributed by atoms with E-state index >= 15 is 0 Å². The molecule has 1 heterocycles. The molecule has 0 fully saturated rings. The Hall–Kier alpha value is -0.540. The van der Waals surface area contributed by atoms with Crippen LogP contribution in [-0.2, 0) is 6.42 Å². The summed E-state index contributed by atoms with van der Waals surface area (Å²) in [6, 6.07) is 6.42. The quantitative estimate of drug-likeness (QED) is 0.794. The van der Waals surface area contributed by atoms with Crippen molar-refractivity contribution in [2.45, 2.75) is 13.3 Å². The van der Waals surface area contributed by atoms with Crippen LogP contribution in [0.4, 0.5) is 0 Å². The highest BCUT2D eigenvalue weighted by Crippen LogP contribution is 2.38. The predicted molar refractivity (Wildman–Crippen MR) is 65.5 cm³/mol. The summed E-state index contributed by atoms with van der Waals surface area (Å²) in [7, 11) is 1.74. The highest BCUT2D eigenvalue weighted by atomic mass is 79.9. The molecule has 74 valence electrons. The largest absolute Gasteiger partial charge is 0.495 e. The highest BCUT2D eigenvalue weighted by Gasteiger charge is 2.09. The van der Waals surface area contributed by atoms with E-state index in [0.29, 0.717) is 0 Å². The summed E-state index contributed by atoms with van der Waals surface area (Å²) < 4.78 is 7.84. The zero-order valence-corrected chi connectivity index (χ0v) is 10.5. The van der Waals surface area contributed by atoms with Crippen molar-refractivity contribution in [2.75, 3.05) is 7.11 Å². The summed E-state index contributed by atoms with van der Waals surface area (Å²) in [5.74, 6) is 1.03. The molecule has 0 N–H and O–H groups in total. The van der Waals surface area contributed by atoms with Crippen LogP contribution >= 0.6 is 27.3 Å². The van der Waals surface area contributed by atoms with Crippen LogP contribution in [0.5, 0.6) is 5.75 Å². The van der Waals surface area contributed by atoms with E-state index in [1.807, 2.05) is 0 Å². The number of halogens is 1. The second kappa shape index (κ2) is 3.91. The molecule has 0 spiro atoms. The lowest BCUT2D eigenvalue weighted by Gasteiger charge is -2.06. The van der Waals surface area contributed by atoms with Crippen molar-refractivity contribution in [1.82, 2.24) is 0 Å². The number of methoxy groups -OCH3 is 1. The molecule has 0 aliphatic heterocycles. The molecule has 0 unspecified atom stereocenters. The number of benzene rings is 1. The van der Waals surface area contributed by atoms with E-state index in [9.17, 15) is 0 Å². The first kappa shape index (κ1) is 9.99. The average Bonchev–Trinajstić information content (AvgIpc) is 2.56. The molecule has 0 aliphatic rings. The van der Waals surface area contributed by atoms with Crippen molar-refractivity contribution in [2.24, 2.45) is 0 Å². The first-order chi connectivity index (χ1) is 6.76. The van der Waals surface area contributed by atoms with Crippen LogP contribution in [0.2, 0.25) is 0 Å². The topological polar surface area (TPSA) is 9.23 Å². The zero-order chi connectivity index (χ0) is 10.1. The molecule has 0 amide bonds. The lowest BCUT2D eigenvalue weighted by Crippen LogP contribution is -1.89. The van der Waals surface area contributed by atoms with Crippen LogP contribution in [0.15, 0.2) is 22.0 Å². The second-order valence-electron chi connectivity index (χ2n) is 3.08. The molecule has 2 rings (SSSR count). The molecular weight excluding hydrogens is 260 g/mol. The van der Waals surface area contributed by atoms with E-state index < -0.39 is 0 Å². The van der Waals surface area contributed by atoms with Gasteiger partial charge < -0.3 is 4.74 Å². The number of rotatable bonds is 2. The van der Waals surface area contributed by atoms with Crippen LogP contribution in [0.25, 0.3) is 10.1 Å². The van der Waals surface area contributed by atoms with Gasteiger partial charge in [-0.3, -0.25) is 0 Å². The van der Waals surface area contributed by atoms with Gasteiger partial charge >= 0.3 is 0 Å². The number of thiophene rings is 1. The van der Waals surface area contributed by atoms with Gasteiger partial charge in [0.2, 0.25) is 0 Å². The standard InChI is InChI=1S/C11H11BrOS/c1-3-7-4-5-8-6-9(12)14-11(8)10(7)13-2/h4-6H,3H2,1-2H3. The van der Waals surface area contributed by atoms with Crippen molar-refractivity contribution in [3.8, 4) is 5.75 Å². The number of fused-ring (bicyclic) bond motifs is 1. The van der Waals surface area contributed by atoms with E-state index in [1.54, 1.807) is 18.4 Å². The van der Waals surface area contributed by atoms with E-state index in [4.69, 9.17) is 4.74 Å². The van der Waals surface area contributed by atoms with Gasteiger partial charge in [0.25, 0.3) is 0 Å². The molecule has 0 radical (unpaired) electrons. The number of hydrogen-bond donors (Lipinski definition) is 0. The minimum atomic E-state index is 1.01. The summed E-state index contributed by atoms with van der Waals surface area (Å²) >= 11 is 5.22. The van der Waals surface area contributed by atoms with Crippen molar-refractivity contribution in [3.63, 3.8) is 0 Å². The summed E-state index contributed by atoms with van der Waals surface area (Å²) in [5.41, 5.74) is 1.27. The Kier molecular flexibility index (Phi) is 2.79. The van der Waals surface area contributed by atoms with Gasteiger partial charge in [-0.1, -0.05) is 19.1 Å². The molecular formula is C11H11BrOS. The number of aryl methyl sites for hydroxylation is 1. The summed E-state index contributed by atoms with van der Waals surface area (Å²) in [4.78, 5) is 0. The molecule has 0 saturated carbocycles. The minimum Gasteiger partial charge on any atom is -0.495 e. The van der Waals surface area contributed by atoms with Gasteiger partial charge in [0, 0.05) is 0 Å². The van der Waals surface area contributed by atoms with Gasteiger partial charge in [0.15, 0.2) is 0 Å². The Morgan fingerprint density at radius 1 is 1.43 bits per heavy atom. The van der Waals surface area contributed by atoms with Crippen LogP contribution in [0, 0.1) is 0 Å². The van der Waals surface area contributed by atoms with Crippen molar-refractivity contribution < 1.29 is 4.74 Å². The van der Waals surface area contributed by atoms with Gasteiger partial charge in [-0.25, -0.2) is 0 Å². The van der Waals surface area contributed by atoms with E-state index in [2.05, 4.69) is 41.1 Å². The Morgan fingerprint density at radius 2 is 2.21 bits per heavy atom. The first-order valence-electron chi connectivity index (χ1n) is 4.51. The third kappa shape index (κ3) is 1.55. The van der Waals surface area contributed by atoms with Crippen LogP contribution in [0.1, 0.15) is 12.5 Å². The second-order valence-corrected chi connectivity index (χ2v) is 5.51. The molecule has 0 atom stereocenters. The number of hydrogen-bond acceptors (Lipinski definition) is 2. The fourth-order valence-electron chi connectivity index (χ4n) is 1.59. The van der Waals surface area contributed by atoms with E-state index in [1.165, 1.54) is 15.6 Å². The average molecular weight is 271 g/mol. The Bertz CT molecular complexity index is 462. The first-order valence-corrected chi connectivity index (χ1v) is 6.12. The SMILES string of the molecule is CCc1ccc2cc(Br)sc2c1OC. The zero-order valence-electron chi connectivity index (χ0n) is 8.13. The lowest BCUT2D eigenvalue weighted by atomic mass is 10.1. The maximum atomic E-state index is 5.45. The molecule has 1 aromatic carbocycles. The van der Waals surface area contributed by atoms with Crippen LogP contribution in [0.3, 0.4) is 0 Å². The molecule has 0 aliphatic carbocycles. The summed E-state index contributed by atoms with van der Waals surface area (Å²) in [6.45, 7) is 2.15. The Morgan fingerprint density at radius 3 is 2.86 bits per heavy atom. The molecule has 2 aromatic rings. The van der Waals surface area contributed by atoms with Crippen LogP contribution in [-0.4, -0.2) is 7.11 Å². The smallest absolute Gasteiger partial charge is 0.139 e. The maximum absolute atomic E-state index is 5.45. The van der Waals surface area contributed by atoms with E-state index in [-0.39, 0.29) is 0 Å². The normalized spacial score (nSPS) is 10.8. The van der Waals surface area contributed by atoms with Crippen LogP contribution < -0.4 is 4.74 Å². The van der Waals surface area contributed by atoms with Crippen molar-refractivity contribution in [3.05, 3.63) is 27.5 Å². The maximum Gasteiger partial charge on any atom is 0.139 e. The monoisotopic (exact) mass is 270 g/mol. The molecule has 0 saturated heterocycles. The van der Waals surface area contributed by atoms with Gasteiger partial charge in [-0.2, -0.15) is 0 Å². The third-order valence-corrected chi connectivity index (χ3v) is 3.93. The Balaban J connectivity index is 2.75. The van der Waals surface area contributed by atoms with Gasteiger partial charge in [0.1, 0.15) is 5.75 Å². The summed E-state index contributed by atoms with van der Waals surface area (Å²) in [6.07, 6.45) is 1.01. The van der Waals surface area contributed by atoms with Crippen molar-refractivity contribution >= 4 is 37.4 Å². The molecule has 1 aromatic heterocycles. The molecule has 3 heteroatoms. The molecule has 14 heavy (non-hydrogen) atoms. The fraction of sp³-hybridized carbons (Fsp3) is 0.273. The predicted octanol–water partition coefficient (Wildman–Crippen LogP) is 4.23. The third-order valence-electron chi connectivity index (χ3n) is 2.28. The minimum absolute atomic E-state index is 1.01. The highest BCUT2D eigenvalue weighted by molar-refractivity contribution is 9.11. The summed E-state index contributed by atoms with van der Waals surface area (Å²) in [5, 5.41) is 1.25. The van der Waals surface area contributed by atoms with Crippen molar-refractivity contribution in [1.29, 1.82) is 0 Å². The van der Waals surface area contributed by atoms with E-state index in [0.717, 1.165) is 16.0 Å². The van der Waals surface area contributed by atoms with Gasteiger partial charge in [0.05, 0.1) is 15.6 Å².